The highest BCUT2D eigenvalue weighted by molar-refractivity contribution is 5.91. The number of aromatic nitrogens is 3. The summed E-state index contributed by atoms with van der Waals surface area (Å²) in [6.07, 6.45) is 3.26. The second-order valence-electron chi connectivity index (χ2n) is 8.99. The Hall–Kier alpha value is -4.68. The lowest BCUT2D eigenvalue weighted by Gasteiger charge is -2.27. The number of piperazine rings is 1. The largest absolute Gasteiger partial charge is 0.455 e. The first kappa shape index (κ1) is 25.0. The molecular weight excluding hydrogens is 478 g/mol. The molecule has 2 aromatic carbocycles. The number of fused-ring (bicyclic) bond motifs is 1. The molecular formula is C29H29N7O2. The van der Waals surface area contributed by atoms with Crippen molar-refractivity contribution in [2.45, 2.75) is 13.8 Å². The van der Waals surface area contributed by atoms with Crippen LogP contribution in [-0.2, 0) is 0 Å². The third kappa shape index (κ3) is 6.17. The summed E-state index contributed by atoms with van der Waals surface area (Å²) in [6.45, 7) is 7.27. The van der Waals surface area contributed by atoms with Gasteiger partial charge in [-0.05, 0) is 67.9 Å². The lowest BCUT2D eigenvalue weighted by atomic mass is 10.1. The average Bonchev–Trinajstić information content (AvgIpc) is 2.94. The molecule has 3 heterocycles. The van der Waals surface area contributed by atoms with E-state index in [0.717, 1.165) is 52.3 Å². The maximum absolute atomic E-state index is 12.2. The molecule has 4 aromatic rings. The molecule has 0 aliphatic carbocycles. The van der Waals surface area contributed by atoms with Crippen LogP contribution in [-0.4, -0.2) is 58.6 Å². The summed E-state index contributed by atoms with van der Waals surface area (Å²) < 4.78 is 5.99. The molecule has 2 aromatic heterocycles. The number of carbonyl (C=O) groups excluding carboxylic acids is 1. The molecule has 2 amide bonds. The Morgan fingerprint density at radius 1 is 1.05 bits per heavy atom. The van der Waals surface area contributed by atoms with E-state index in [1.165, 1.54) is 6.33 Å². The molecule has 0 saturated carbocycles. The fourth-order valence-electron chi connectivity index (χ4n) is 4.10. The molecule has 38 heavy (non-hydrogen) atoms. The molecule has 9 nitrogen and oxygen atoms in total. The number of carbonyl (C=O) groups is 1. The quantitative estimate of drug-likeness (QED) is 0.349. The maximum atomic E-state index is 12.2. The van der Waals surface area contributed by atoms with E-state index in [-0.39, 0.29) is 12.6 Å². The molecule has 1 aliphatic rings. The summed E-state index contributed by atoms with van der Waals surface area (Å²) in [5, 5.41) is 10.4. The highest BCUT2D eigenvalue weighted by Gasteiger charge is 2.14. The van der Waals surface area contributed by atoms with Crippen molar-refractivity contribution in [2.75, 3.05) is 38.0 Å². The summed E-state index contributed by atoms with van der Waals surface area (Å²) >= 11 is 0. The number of hydrogen-bond acceptors (Lipinski definition) is 7. The van der Waals surface area contributed by atoms with Crippen LogP contribution in [0, 0.1) is 25.7 Å². The van der Waals surface area contributed by atoms with Crippen LogP contribution in [0.2, 0.25) is 0 Å². The van der Waals surface area contributed by atoms with E-state index in [1.54, 1.807) is 11.1 Å². The Morgan fingerprint density at radius 2 is 1.92 bits per heavy atom. The van der Waals surface area contributed by atoms with Crippen molar-refractivity contribution in [3.05, 3.63) is 77.9 Å². The Bertz CT molecular complexity index is 1500. The highest BCUT2D eigenvalue weighted by atomic mass is 16.5. The second kappa shape index (κ2) is 11.6. The number of aryl methyl sites for hydroxylation is 2. The zero-order valence-corrected chi connectivity index (χ0v) is 21.4. The molecule has 3 N–H and O–H groups in total. The van der Waals surface area contributed by atoms with Crippen molar-refractivity contribution in [1.82, 2.24) is 30.5 Å². The van der Waals surface area contributed by atoms with Gasteiger partial charge in [0, 0.05) is 48.5 Å². The van der Waals surface area contributed by atoms with Crippen LogP contribution < -0.4 is 20.7 Å². The van der Waals surface area contributed by atoms with Gasteiger partial charge in [-0.1, -0.05) is 11.8 Å². The van der Waals surface area contributed by atoms with Gasteiger partial charge in [0.15, 0.2) is 0 Å². The first-order valence-electron chi connectivity index (χ1n) is 12.5. The monoisotopic (exact) mass is 507 g/mol. The number of amides is 2. The van der Waals surface area contributed by atoms with Gasteiger partial charge in [-0.3, -0.25) is 4.98 Å². The van der Waals surface area contributed by atoms with E-state index in [4.69, 9.17) is 4.74 Å². The van der Waals surface area contributed by atoms with Gasteiger partial charge in [0.2, 0.25) is 0 Å². The third-order valence-electron chi connectivity index (χ3n) is 6.15. The molecule has 1 saturated heterocycles. The van der Waals surface area contributed by atoms with E-state index >= 15 is 0 Å². The van der Waals surface area contributed by atoms with Crippen LogP contribution in [0.1, 0.15) is 16.8 Å². The lowest BCUT2D eigenvalue weighted by Crippen LogP contribution is -2.50. The predicted molar refractivity (Wildman–Crippen MR) is 148 cm³/mol. The van der Waals surface area contributed by atoms with Crippen molar-refractivity contribution in [3.63, 3.8) is 0 Å². The summed E-state index contributed by atoms with van der Waals surface area (Å²) in [4.78, 5) is 27.2. The van der Waals surface area contributed by atoms with E-state index in [0.29, 0.717) is 24.7 Å². The Morgan fingerprint density at radius 3 is 2.71 bits per heavy atom. The number of ether oxygens (including phenoxy) is 1. The van der Waals surface area contributed by atoms with Crippen LogP contribution in [0.5, 0.6) is 11.5 Å². The van der Waals surface area contributed by atoms with Crippen LogP contribution in [0.15, 0.2) is 61.1 Å². The average molecular weight is 508 g/mol. The van der Waals surface area contributed by atoms with E-state index in [2.05, 4.69) is 42.7 Å². The van der Waals surface area contributed by atoms with Gasteiger partial charge in [-0.2, -0.15) is 0 Å². The number of urea groups is 1. The molecule has 1 fully saturated rings. The minimum absolute atomic E-state index is 0.0820. The van der Waals surface area contributed by atoms with Gasteiger partial charge < -0.3 is 25.6 Å². The fourth-order valence-corrected chi connectivity index (χ4v) is 4.10. The van der Waals surface area contributed by atoms with Gasteiger partial charge in [0.05, 0.1) is 18.3 Å². The van der Waals surface area contributed by atoms with Crippen molar-refractivity contribution in [3.8, 4) is 23.3 Å². The van der Waals surface area contributed by atoms with Crippen LogP contribution >= 0.6 is 0 Å². The first-order chi connectivity index (χ1) is 18.5. The molecule has 9 heteroatoms. The number of anilines is 2. The number of pyridine rings is 1. The zero-order valence-electron chi connectivity index (χ0n) is 21.4. The first-order valence-corrected chi connectivity index (χ1v) is 12.5. The highest BCUT2D eigenvalue weighted by Crippen LogP contribution is 2.29. The van der Waals surface area contributed by atoms with Crippen molar-refractivity contribution < 1.29 is 9.53 Å². The predicted octanol–water partition coefficient (Wildman–Crippen LogP) is 4.14. The molecule has 1 aliphatic heterocycles. The van der Waals surface area contributed by atoms with Crippen LogP contribution in [0.4, 0.5) is 16.3 Å². The molecule has 0 bridgehead atoms. The Labute approximate surface area is 221 Å². The number of benzene rings is 2. The summed E-state index contributed by atoms with van der Waals surface area (Å²) in [5.41, 5.74) is 4.42. The standard InChI is InChI=1S/C29H29N7O2/c1-20-16-23(7-10-27(20)38-24-8-5-21(2)32-18-24)35-28-25-17-22(6-9-26(25)33-19-34-28)4-3-11-31-29(37)36-14-12-30-13-15-36/h5-10,16-19,30H,11-15H2,1-2H3,(H,31,37)(H,33,34,35). The van der Waals surface area contributed by atoms with E-state index in [1.807, 2.05) is 62.4 Å². The Balaban J connectivity index is 1.27. The van der Waals surface area contributed by atoms with Crippen molar-refractivity contribution in [2.24, 2.45) is 0 Å². The second-order valence-corrected chi connectivity index (χ2v) is 8.99. The minimum atomic E-state index is -0.0820. The van der Waals surface area contributed by atoms with Gasteiger partial charge in [0.25, 0.3) is 0 Å². The van der Waals surface area contributed by atoms with Gasteiger partial charge >= 0.3 is 6.03 Å². The molecule has 192 valence electrons. The third-order valence-corrected chi connectivity index (χ3v) is 6.15. The van der Waals surface area contributed by atoms with Crippen molar-refractivity contribution in [1.29, 1.82) is 0 Å². The number of nitrogens with one attached hydrogen (secondary N) is 3. The normalized spacial score (nSPS) is 12.9. The van der Waals surface area contributed by atoms with Gasteiger partial charge in [-0.25, -0.2) is 14.8 Å². The number of rotatable bonds is 5. The Kier molecular flexibility index (Phi) is 7.62. The molecule has 5 rings (SSSR count). The SMILES string of the molecule is Cc1ccc(Oc2ccc(Nc3ncnc4ccc(C#CCNC(=O)N5CCNCC5)cc34)cc2C)cn1. The fraction of sp³-hybridized carbons (Fsp3) is 0.241. The van der Waals surface area contributed by atoms with Crippen LogP contribution in [0.3, 0.4) is 0 Å². The molecule has 0 radical (unpaired) electrons. The van der Waals surface area contributed by atoms with Gasteiger partial charge in [0.1, 0.15) is 23.6 Å². The van der Waals surface area contributed by atoms with Gasteiger partial charge in [-0.15, -0.1) is 0 Å². The number of nitrogens with zero attached hydrogens (tertiary/aromatic N) is 4. The number of hydrogen-bond donors (Lipinski definition) is 3. The minimum Gasteiger partial charge on any atom is -0.455 e. The summed E-state index contributed by atoms with van der Waals surface area (Å²) in [5.74, 6) is 8.30. The lowest BCUT2D eigenvalue weighted by molar-refractivity contribution is 0.191. The maximum Gasteiger partial charge on any atom is 0.318 e. The molecule has 0 unspecified atom stereocenters. The zero-order chi connectivity index (χ0) is 26.3. The summed E-state index contributed by atoms with van der Waals surface area (Å²) in [7, 11) is 0. The molecule has 0 atom stereocenters. The van der Waals surface area contributed by atoms with Crippen LogP contribution in [0.25, 0.3) is 10.9 Å². The van der Waals surface area contributed by atoms with E-state index in [9.17, 15) is 4.79 Å². The summed E-state index contributed by atoms with van der Waals surface area (Å²) in [6, 6.07) is 15.4. The topological polar surface area (TPSA) is 104 Å². The smallest absolute Gasteiger partial charge is 0.318 e. The van der Waals surface area contributed by atoms with E-state index < -0.39 is 0 Å². The van der Waals surface area contributed by atoms with Crippen molar-refractivity contribution >= 4 is 28.4 Å². The molecule has 0 spiro atoms.